The van der Waals surface area contributed by atoms with Crippen molar-refractivity contribution in [1.29, 1.82) is 0 Å². The Bertz CT molecular complexity index is 347. The first kappa shape index (κ1) is 10.8. The fourth-order valence-electron chi connectivity index (χ4n) is 1.12. The highest BCUT2D eigenvalue weighted by Gasteiger charge is 2.06. The summed E-state index contributed by atoms with van der Waals surface area (Å²) in [5.74, 6) is 0. The van der Waals surface area contributed by atoms with Gasteiger partial charge in [0.05, 0.1) is 5.69 Å². The number of hydrazone groups is 1. The normalized spacial score (nSPS) is 9.57. The van der Waals surface area contributed by atoms with E-state index in [1.165, 1.54) is 0 Å². The van der Waals surface area contributed by atoms with Crippen molar-refractivity contribution >= 4 is 24.0 Å². The Morgan fingerprint density at radius 2 is 2.29 bits per heavy atom. The van der Waals surface area contributed by atoms with Gasteiger partial charge in [-0.15, -0.1) is 0 Å². The number of halogens is 1. The number of benzene rings is 1. The molecule has 1 aromatic carbocycles. The van der Waals surface area contributed by atoms with Gasteiger partial charge in [0.2, 0.25) is 0 Å². The Balaban J connectivity index is 3.00. The van der Waals surface area contributed by atoms with Crippen molar-refractivity contribution in [3.63, 3.8) is 0 Å². The molecule has 0 aliphatic rings. The highest BCUT2D eigenvalue weighted by Crippen LogP contribution is 2.23. The number of allylic oxidation sites excluding steroid dienone is 1. The molecule has 0 aromatic heterocycles. The molecule has 0 aliphatic carbocycles. The van der Waals surface area contributed by atoms with Crippen LogP contribution in [0.15, 0.2) is 41.6 Å². The monoisotopic (exact) mass is 208 g/mol. The lowest BCUT2D eigenvalue weighted by atomic mass is 10.3. The van der Waals surface area contributed by atoms with Crippen LogP contribution in [0, 0.1) is 0 Å². The Kier molecular flexibility index (Phi) is 3.72. The number of hydrogen-bond donors (Lipinski definition) is 0. The van der Waals surface area contributed by atoms with Gasteiger partial charge < -0.3 is 0 Å². The zero-order valence-corrected chi connectivity index (χ0v) is 8.96. The maximum Gasteiger partial charge on any atom is 0.0663 e. The molecular weight excluding hydrogens is 196 g/mol. The van der Waals surface area contributed by atoms with E-state index in [1.807, 2.05) is 31.2 Å². The van der Waals surface area contributed by atoms with Crippen LogP contribution < -0.4 is 5.01 Å². The predicted molar refractivity (Wildman–Crippen MR) is 62.9 cm³/mol. The number of hydrogen-bond acceptors (Lipinski definition) is 2. The topological polar surface area (TPSA) is 15.6 Å². The molecular formula is C11H13ClN2. The molecule has 0 unspecified atom stereocenters. The van der Waals surface area contributed by atoms with Gasteiger partial charge in [-0.25, -0.2) is 5.01 Å². The summed E-state index contributed by atoms with van der Waals surface area (Å²) < 4.78 is 0. The van der Waals surface area contributed by atoms with Crippen LogP contribution in [-0.2, 0) is 0 Å². The molecule has 0 atom stereocenters. The van der Waals surface area contributed by atoms with Crippen molar-refractivity contribution in [1.82, 2.24) is 0 Å². The third-order valence-electron chi connectivity index (χ3n) is 1.90. The molecule has 1 aromatic rings. The average Bonchev–Trinajstić information content (AvgIpc) is 2.19. The first-order chi connectivity index (χ1) is 6.69. The summed E-state index contributed by atoms with van der Waals surface area (Å²) >= 11 is 5.88. The van der Waals surface area contributed by atoms with Crippen LogP contribution in [0.5, 0.6) is 0 Å². The van der Waals surface area contributed by atoms with E-state index in [4.69, 9.17) is 11.6 Å². The maximum atomic E-state index is 5.88. The van der Waals surface area contributed by atoms with Crippen LogP contribution in [0.1, 0.15) is 13.3 Å². The van der Waals surface area contributed by atoms with Gasteiger partial charge in [-0.05, 0) is 24.6 Å². The summed E-state index contributed by atoms with van der Waals surface area (Å²) in [7, 11) is 0. The molecule has 0 N–H and O–H groups in total. The summed E-state index contributed by atoms with van der Waals surface area (Å²) in [6.07, 6.45) is 0.825. The highest BCUT2D eigenvalue weighted by molar-refractivity contribution is 6.30. The Labute approximate surface area is 89.5 Å². The smallest absolute Gasteiger partial charge is 0.0663 e. The standard InChI is InChI=1S/C11H13ClN2/c1-4-9(2)14(13-3)11-7-5-6-10(12)8-11/h5-8H,2-4H2,1H3. The SMILES string of the molecule is C=NN(C(=C)CC)c1cccc(Cl)c1. The van der Waals surface area contributed by atoms with Crippen LogP contribution in [0.3, 0.4) is 0 Å². The first-order valence-electron chi connectivity index (χ1n) is 4.39. The van der Waals surface area contributed by atoms with Gasteiger partial charge in [-0.3, -0.25) is 0 Å². The zero-order valence-electron chi connectivity index (χ0n) is 8.20. The van der Waals surface area contributed by atoms with Gasteiger partial charge in [0.25, 0.3) is 0 Å². The summed E-state index contributed by atoms with van der Waals surface area (Å²) in [5, 5.41) is 6.26. The molecule has 0 bridgehead atoms. The molecule has 14 heavy (non-hydrogen) atoms. The Morgan fingerprint density at radius 1 is 1.57 bits per heavy atom. The van der Waals surface area contributed by atoms with E-state index in [9.17, 15) is 0 Å². The molecule has 74 valence electrons. The van der Waals surface area contributed by atoms with Crippen molar-refractivity contribution in [2.24, 2.45) is 5.10 Å². The molecule has 1 rings (SSSR count). The van der Waals surface area contributed by atoms with Crippen molar-refractivity contribution in [2.45, 2.75) is 13.3 Å². The highest BCUT2D eigenvalue weighted by atomic mass is 35.5. The summed E-state index contributed by atoms with van der Waals surface area (Å²) in [5.41, 5.74) is 1.78. The van der Waals surface area contributed by atoms with Crippen LogP contribution >= 0.6 is 11.6 Å². The second kappa shape index (κ2) is 4.82. The Hall–Kier alpha value is -1.28. The lowest BCUT2D eigenvalue weighted by Crippen LogP contribution is -2.13. The third-order valence-corrected chi connectivity index (χ3v) is 2.14. The summed E-state index contributed by atoms with van der Waals surface area (Å²) in [4.78, 5) is 0. The summed E-state index contributed by atoms with van der Waals surface area (Å²) in [6, 6.07) is 7.44. The lowest BCUT2D eigenvalue weighted by Gasteiger charge is -2.19. The molecule has 0 saturated carbocycles. The second-order valence-electron chi connectivity index (χ2n) is 2.85. The van der Waals surface area contributed by atoms with Gasteiger partial charge in [-0.1, -0.05) is 31.2 Å². The van der Waals surface area contributed by atoms with Crippen molar-refractivity contribution < 1.29 is 0 Å². The van der Waals surface area contributed by atoms with Gasteiger partial charge in [0, 0.05) is 17.4 Å². The third kappa shape index (κ3) is 2.36. The van der Waals surface area contributed by atoms with E-state index in [0.29, 0.717) is 5.02 Å². The molecule has 2 nitrogen and oxygen atoms in total. The van der Waals surface area contributed by atoms with Crippen molar-refractivity contribution in [2.75, 3.05) is 5.01 Å². The van der Waals surface area contributed by atoms with E-state index in [1.54, 1.807) is 5.01 Å². The lowest BCUT2D eigenvalue weighted by molar-refractivity contribution is 0.932. The van der Waals surface area contributed by atoms with E-state index in [0.717, 1.165) is 17.8 Å². The molecule has 0 aliphatic heterocycles. The zero-order chi connectivity index (χ0) is 10.6. The van der Waals surface area contributed by atoms with E-state index in [-0.39, 0.29) is 0 Å². The minimum Gasteiger partial charge on any atom is -0.239 e. The maximum absolute atomic E-state index is 5.88. The van der Waals surface area contributed by atoms with Crippen molar-refractivity contribution in [3.05, 3.63) is 41.6 Å². The molecule has 0 heterocycles. The molecule has 0 amide bonds. The quantitative estimate of drug-likeness (QED) is 0.544. The fraction of sp³-hybridized carbons (Fsp3) is 0.182. The van der Waals surface area contributed by atoms with E-state index in [2.05, 4.69) is 18.4 Å². The second-order valence-corrected chi connectivity index (χ2v) is 3.29. The molecule has 0 spiro atoms. The van der Waals surface area contributed by atoms with Crippen LogP contribution in [0.25, 0.3) is 0 Å². The predicted octanol–water partition coefficient (Wildman–Crippen LogP) is 3.69. The minimum absolute atomic E-state index is 0.681. The van der Waals surface area contributed by atoms with E-state index < -0.39 is 0 Å². The van der Waals surface area contributed by atoms with Crippen LogP contribution in [-0.4, -0.2) is 6.72 Å². The molecule has 0 radical (unpaired) electrons. The summed E-state index contributed by atoms with van der Waals surface area (Å²) in [6.45, 7) is 9.43. The van der Waals surface area contributed by atoms with Crippen molar-refractivity contribution in [3.8, 4) is 0 Å². The minimum atomic E-state index is 0.681. The van der Waals surface area contributed by atoms with Gasteiger partial charge in [0.15, 0.2) is 0 Å². The van der Waals surface area contributed by atoms with Gasteiger partial charge in [-0.2, -0.15) is 5.10 Å². The van der Waals surface area contributed by atoms with Gasteiger partial charge >= 0.3 is 0 Å². The number of anilines is 1. The van der Waals surface area contributed by atoms with Crippen LogP contribution in [0.2, 0.25) is 5.02 Å². The number of nitrogens with zero attached hydrogens (tertiary/aromatic N) is 2. The first-order valence-corrected chi connectivity index (χ1v) is 4.77. The van der Waals surface area contributed by atoms with Crippen LogP contribution in [0.4, 0.5) is 5.69 Å². The molecule has 0 saturated heterocycles. The molecule has 0 fully saturated rings. The molecule has 3 heteroatoms. The van der Waals surface area contributed by atoms with Gasteiger partial charge in [0.1, 0.15) is 0 Å². The fourth-order valence-corrected chi connectivity index (χ4v) is 1.31. The largest absolute Gasteiger partial charge is 0.239 e. The average molecular weight is 209 g/mol. The number of rotatable bonds is 4. The Morgan fingerprint density at radius 3 is 2.79 bits per heavy atom. The van der Waals surface area contributed by atoms with E-state index >= 15 is 0 Å².